The highest BCUT2D eigenvalue weighted by Gasteiger charge is 2.34. The molecule has 0 saturated heterocycles. The van der Waals surface area contributed by atoms with Crippen molar-refractivity contribution < 1.29 is 23.8 Å². The third-order valence-corrected chi connectivity index (χ3v) is 4.45. The number of carbonyl (C=O) groups excluding carboxylic acids is 2. The summed E-state index contributed by atoms with van der Waals surface area (Å²) in [5.41, 5.74) is 2.21. The zero-order chi connectivity index (χ0) is 20.1. The fourth-order valence-corrected chi connectivity index (χ4v) is 3.06. The van der Waals surface area contributed by atoms with Crippen LogP contribution in [0, 0.1) is 0 Å². The van der Waals surface area contributed by atoms with Crippen molar-refractivity contribution in [2.24, 2.45) is 0 Å². The van der Waals surface area contributed by atoms with Crippen molar-refractivity contribution in [1.29, 1.82) is 0 Å². The number of rotatable bonds is 6. The predicted molar refractivity (Wildman–Crippen MR) is 103 cm³/mol. The lowest BCUT2D eigenvalue weighted by Gasteiger charge is -2.29. The molecular weight excluding hydrogens is 360 g/mol. The second kappa shape index (κ2) is 8.47. The summed E-state index contributed by atoms with van der Waals surface area (Å²) < 4.78 is 16.2. The molecule has 0 saturated carbocycles. The Morgan fingerprint density at radius 2 is 1.82 bits per heavy atom. The highest BCUT2D eigenvalue weighted by atomic mass is 16.5. The van der Waals surface area contributed by atoms with Crippen LogP contribution in [0.15, 0.2) is 59.8 Å². The zero-order valence-electron chi connectivity index (χ0n) is 15.9. The van der Waals surface area contributed by atoms with Gasteiger partial charge < -0.3 is 24.8 Å². The molecule has 1 aliphatic heterocycles. The minimum Gasteiger partial charge on any atom is -0.497 e. The normalized spacial score (nSPS) is 16.1. The Bertz CT molecular complexity index is 908. The Morgan fingerprint density at radius 1 is 1.07 bits per heavy atom. The molecule has 146 valence electrons. The monoisotopic (exact) mass is 382 g/mol. The van der Waals surface area contributed by atoms with Crippen LogP contribution < -0.4 is 20.1 Å². The van der Waals surface area contributed by atoms with Crippen molar-refractivity contribution in [2.75, 3.05) is 14.2 Å². The van der Waals surface area contributed by atoms with Crippen molar-refractivity contribution in [3.63, 3.8) is 0 Å². The molecule has 0 radical (unpaired) electrons. The minimum atomic E-state index is -0.734. The van der Waals surface area contributed by atoms with Gasteiger partial charge >= 0.3 is 12.0 Å². The summed E-state index contributed by atoms with van der Waals surface area (Å²) in [6, 6.07) is 13.4. The van der Waals surface area contributed by atoms with Crippen LogP contribution in [0.1, 0.15) is 24.1 Å². The van der Waals surface area contributed by atoms with Crippen LogP contribution in [0.3, 0.4) is 0 Å². The van der Waals surface area contributed by atoms with E-state index >= 15 is 0 Å². The number of hydrogen-bond acceptors (Lipinski definition) is 5. The molecule has 3 rings (SSSR count). The molecule has 2 amide bonds. The van der Waals surface area contributed by atoms with Crippen LogP contribution in [0.25, 0.3) is 0 Å². The Morgan fingerprint density at radius 3 is 2.50 bits per heavy atom. The smallest absolute Gasteiger partial charge is 0.338 e. The number of hydrogen-bond donors (Lipinski definition) is 2. The van der Waals surface area contributed by atoms with Gasteiger partial charge in [0.1, 0.15) is 18.1 Å². The molecule has 1 heterocycles. The fourth-order valence-electron chi connectivity index (χ4n) is 3.06. The average Bonchev–Trinajstić information content (AvgIpc) is 2.71. The van der Waals surface area contributed by atoms with Crippen LogP contribution >= 0.6 is 0 Å². The van der Waals surface area contributed by atoms with Gasteiger partial charge in [-0.2, -0.15) is 0 Å². The van der Waals surface area contributed by atoms with E-state index in [0.29, 0.717) is 28.3 Å². The van der Waals surface area contributed by atoms with E-state index in [1.807, 2.05) is 30.3 Å². The lowest BCUT2D eigenvalue weighted by molar-refractivity contribution is -0.140. The zero-order valence-corrected chi connectivity index (χ0v) is 15.9. The Hall–Kier alpha value is -3.48. The van der Waals surface area contributed by atoms with Gasteiger partial charge in [-0.1, -0.05) is 30.3 Å². The molecule has 1 atom stereocenters. The van der Waals surface area contributed by atoms with Gasteiger partial charge in [0.25, 0.3) is 0 Å². The van der Waals surface area contributed by atoms with E-state index < -0.39 is 18.0 Å². The first-order valence-corrected chi connectivity index (χ1v) is 8.74. The highest BCUT2D eigenvalue weighted by Crippen LogP contribution is 2.36. The van der Waals surface area contributed by atoms with Crippen molar-refractivity contribution in [3.05, 3.63) is 70.9 Å². The van der Waals surface area contributed by atoms with E-state index in [-0.39, 0.29) is 6.61 Å². The molecule has 0 fully saturated rings. The van der Waals surface area contributed by atoms with Crippen molar-refractivity contribution >= 4 is 12.0 Å². The summed E-state index contributed by atoms with van der Waals surface area (Å²) in [4.78, 5) is 25.0. The number of urea groups is 1. The largest absolute Gasteiger partial charge is 0.497 e. The summed E-state index contributed by atoms with van der Waals surface area (Å²) in [7, 11) is 3.07. The van der Waals surface area contributed by atoms with Crippen LogP contribution in [-0.4, -0.2) is 26.2 Å². The van der Waals surface area contributed by atoms with E-state index in [4.69, 9.17) is 14.2 Å². The van der Waals surface area contributed by atoms with E-state index in [1.54, 1.807) is 32.2 Å². The van der Waals surface area contributed by atoms with Gasteiger partial charge in [0.15, 0.2) is 0 Å². The molecule has 28 heavy (non-hydrogen) atoms. The van der Waals surface area contributed by atoms with Gasteiger partial charge in [-0.05, 0) is 30.7 Å². The molecule has 0 spiro atoms. The SMILES string of the molecule is COc1ccc(OC)c([C@@H]2NC(=O)NC(C)=C2C(=O)OCc2ccccc2)c1. The number of nitrogens with one attached hydrogen (secondary N) is 2. The van der Waals surface area contributed by atoms with Gasteiger partial charge in [0, 0.05) is 11.3 Å². The number of carbonyl (C=O) groups is 2. The molecular formula is C21H22N2O5. The third kappa shape index (κ3) is 4.09. The highest BCUT2D eigenvalue weighted by molar-refractivity contribution is 5.95. The van der Waals surface area contributed by atoms with Crippen LogP contribution in [0.5, 0.6) is 11.5 Å². The summed E-state index contributed by atoms with van der Waals surface area (Å²) in [5.74, 6) is 0.580. The number of methoxy groups -OCH3 is 2. The fraction of sp³-hybridized carbons (Fsp3) is 0.238. The standard InChI is InChI=1S/C21H22N2O5/c1-13-18(20(24)28-12-14-7-5-4-6-8-14)19(23-21(25)22-13)16-11-15(26-2)9-10-17(16)27-3/h4-11,19H,12H2,1-3H3,(H2,22,23,25)/t19-/m0/s1. The average molecular weight is 382 g/mol. The van der Waals surface area contributed by atoms with Gasteiger partial charge in [-0.3, -0.25) is 0 Å². The lowest BCUT2D eigenvalue weighted by Crippen LogP contribution is -2.45. The molecule has 2 N–H and O–H groups in total. The maximum atomic E-state index is 12.9. The number of benzene rings is 2. The molecule has 1 aliphatic rings. The Balaban J connectivity index is 1.94. The minimum absolute atomic E-state index is 0.131. The topological polar surface area (TPSA) is 85.9 Å². The summed E-state index contributed by atoms with van der Waals surface area (Å²) in [5, 5.41) is 5.40. The molecule has 0 bridgehead atoms. The van der Waals surface area contributed by atoms with Crippen molar-refractivity contribution in [2.45, 2.75) is 19.6 Å². The quantitative estimate of drug-likeness (QED) is 0.750. The van der Waals surface area contributed by atoms with Crippen molar-refractivity contribution in [3.8, 4) is 11.5 Å². The lowest BCUT2D eigenvalue weighted by atomic mass is 9.94. The summed E-state index contributed by atoms with van der Waals surface area (Å²) in [6.45, 7) is 1.80. The van der Waals surface area contributed by atoms with E-state index in [1.165, 1.54) is 7.11 Å². The van der Waals surface area contributed by atoms with Crippen LogP contribution in [0.4, 0.5) is 4.79 Å². The molecule has 7 nitrogen and oxygen atoms in total. The molecule has 2 aromatic carbocycles. The summed E-state index contributed by atoms with van der Waals surface area (Å²) >= 11 is 0. The first-order valence-electron chi connectivity index (χ1n) is 8.74. The molecule has 2 aromatic rings. The maximum Gasteiger partial charge on any atom is 0.338 e. The number of allylic oxidation sites excluding steroid dienone is 1. The van der Waals surface area contributed by atoms with E-state index in [0.717, 1.165) is 5.56 Å². The summed E-state index contributed by atoms with van der Waals surface area (Å²) in [6.07, 6.45) is 0. The van der Waals surface area contributed by atoms with Gasteiger partial charge in [-0.25, -0.2) is 9.59 Å². The second-order valence-electron chi connectivity index (χ2n) is 6.24. The second-order valence-corrected chi connectivity index (χ2v) is 6.24. The Labute approximate surface area is 163 Å². The predicted octanol–water partition coefficient (Wildman–Crippen LogP) is 3.08. The number of ether oxygens (including phenoxy) is 3. The molecule has 0 aromatic heterocycles. The molecule has 0 unspecified atom stereocenters. The van der Waals surface area contributed by atoms with E-state index in [2.05, 4.69) is 10.6 Å². The molecule has 0 aliphatic carbocycles. The Kier molecular flexibility index (Phi) is 5.84. The van der Waals surface area contributed by atoms with Crippen LogP contribution in [0.2, 0.25) is 0 Å². The van der Waals surface area contributed by atoms with Gasteiger partial charge in [-0.15, -0.1) is 0 Å². The maximum absolute atomic E-state index is 12.9. The van der Waals surface area contributed by atoms with E-state index in [9.17, 15) is 9.59 Å². The van der Waals surface area contributed by atoms with Gasteiger partial charge in [0.2, 0.25) is 0 Å². The first-order chi connectivity index (χ1) is 13.5. The number of amides is 2. The van der Waals surface area contributed by atoms with Crippen molar-refractivity contribution in [1.82, 2.24) is 10.6 Å². The van der Waals surface area contributed by atoms with Crippen LogP contribution in [-0.2, 0) is 16.1 Å². The molecule has 7 heteroatoms. The first kappa shape index (κ1) is 19.3. The van der Waals surface area contributed by atoms with Gasteiger partial charge in [0.05, 0.1) is 25.8 Å². The number of esters is 1. The third-order valence-electron chi connectivity index (χ3n) is 4.45.